The first-order chi connectivity index (χ1) is 16.1. The van der Waals surface area contributed by atoms with Gasteiger partial charge >= 0.3 is 12.1 Å². The zero-order valence-electron chi connectivity index (χ0n) is 18.4. The number of hydrogen-bond acceptors (Lipinski definition) is 4. The number of ether oxygens (including phenoxy) is 2. The Morgan fingerprint density at radius 1 is 0.818 bits per heavy atom. The number of amides is 1. The van der Waals surface area contributed by atoms with Crippen LogP contribution in [0.5, 0.6) is 5.75 Å². The molecule has 1 aliphatic rings. The molecule has 4 rings (SSSR count). The summed E-state index contributed by atoms with van der Waals surface area (Å²) in [5, 5.41) is 8.96. The van der Waals surface area contributed by atoms with E-state index >= 15 is 0 Å². The van der Waals surface area contributed by atoms with E-state index < -0.39 is 12.1 Å². The molecule has 0 aliphatic heterocycles. The Morgan fingerprint density at radius 2 is 1.42 bits per heavy atom. The molecule has 3 aromatic carbocycles. The van der Waals surface area contributed by atoms with E-state index in [9.17, 15) is 9.59 Å². The Kier molecular flexibility index (Phi) is 7.25. The molecule has 0 heterocycles. The largest absolute Gasteiger partial charge is 0.492 e. The number of carbonyl (C=O) groups is 2. The minimum absolute atomic E-state index is 0.00724. The Labute approximate surface area is 193 Å². The minimum atomic E-state index is -0.886. The van der Waals surface area contributed by atoms with Gasteiger partial charge in [0, 0.05) is 18.9 Å². The van der Waals surface area contributed by atoms with Crippen LogP contribution in [-0.2, 0) is 9.53 Å². The van der Waals surface area contributed by atoms with Crippen molar-refractivity contribution in [1.82, 2.24) is 4.90 Å². The normalized spacial score (nSPS) is 12.0. The van der Waals surface area contributed by atoms with Crippen LogP contribution in [0, 0.1) is 0 Å². The number of carboxylic acids is 1. The van der Waals surface area contributed by atoms with Gasteiger partial charge in [-0.25, -0.2) is 4.79 Å². The van der Waals surface area contributed by atoms with E-state index in [1.165, 1.54) is 16.0 Å². The molecule has 170 valence electrons. The lowest BCUT2D eigenvalue weighted by molar-refractivity contribution is -0.137. The van der Waals surface area contributed by atoms with Crippen LogP contribution >= 0.6 is 0 Å². The van der Waals surface area contributed by atoms with Crippen LogP contribution in [0.1, 0.15) is 29.9 Å². The highest BCUT2D eigenvalue weighted by Gasteiger charge is 2.29. The molecule has 0 aromatic heterocycles. The van der Waals surface area contributed by atoms with Crippen molar-refractivity contribution in [2.45, 2.75) is 18.8 Å². The van der Waals surface area contributed by atoms with Crippen molar-refractivity contribution in [2.24, 2.45) is 0 Å². The van der Waals surface area contributed by atoms with Gasteiger partial charge in [0.05, 0.1) is 6.54 Å². The first-order valence-electron chi connectivity index (χ1n) is 11.1. The van der Waals surface area contributed by atoms with E-state index in [2.05, 4.69) is 24.3 Å². The van der Waals surface area contributed by atoms with Gasteiger partial charge in [-0.05, 0) is 40.8 Å². The van der Waals surface area contributed by atoms with E-state index in [4.69, 9.17) is 14.6 Å². The van der Waals surface area contributed by atoms with E-state index in [1.807, 2.05) is 54.6 Å². The van der Waals surface area contributed by atoms with Crippen LogP contribution in [0.3, 0.4) is 0 Å². The highest BCUT2D eigenvalue weighted by atomic mass is 16.6. The molecule has 6 heteroatoms. The van der Waals surface area contributed by atoms with Gasteiger partial charge in [0.25, 0.3) is 0 Å². The fourth-order valence-electron chi connectivity index (χ4n) is 4.19. The lowest BCUT2D eigenvalue weighted by Gasteiger charge is -2.23. The summed E-state index contributed by atoms with van der Waals surface area (Å²) in [7, 11) is 0. The van der Waals surface area contributed by atoms with Gasteiger partial charge in [-0.2, -0.15) is 0 Å². The number of carbonyl (C=O) groups excluding carboxylic acids is 1. The topological polar surface area (TPSA) is 76.1 Å². The standard InChI is InChI=1S/C27H27NO5/c29-26(30)15-8-16-28(17-18-32-20-9-2-1-3-10-20)27(31)33-19-25-23-13-6-4-11-21(23)22-12-5-7-14-24(22)25/h1-7,9-14,25H,8,15-19H2,(H,29,30). The van der Waals surface area contributed by atoms with Gasteiger partial charge < -0.3 is 19.5 Å². The number of aliphatic carboxylic acids is 1. The lowest BCUT2D eigenvalue weighted by Crippen LogP contribution is -2.36. The van der Waals surface area contributed by atoms with Crippen LogP contribution in [-0.4, -0.2) is 48.4 Å². The minimum Gasteiger partial charge on any atom is -0.492 e. The quantitative estimate of drug-likeness (QED) is 0.465. The molecule has 0 fully saturated rings. The summed E-state index contributed by atoms with van der Waals surface area (Å²) >= 11 is 0. The number of nitrogens with zero attached hydrogens (tertiary/aromatic N) is 1. The SMILES string of the molecule is O=C(O)CCCN(CCOc1ccccc1)C(=O)OCC1c2ccccc2-c2ccccc21. The summed E-state index contributed by atoms with van der Waals surface area (Å²) in [6.07, 6.45) is -0.115. The molecular formula is C27H27NO5. The highest BCUT2D eigenvalue weighted by molar-refractivity contribution is 5.79. The Hall–Kier alpha value is -3.80. The summed E-state index contributed by atoms with van der Waals surface area (Å²) in [6, 6.07) is 25.7. The van der Waals surface area contributed by atoms with Gasteiger partial charge in [0.15, 0.2) is 0 Å². The van der Waals surface area contributed by atoms with Crippen molar-refractivity contribution in [1.29, 1.82) is 0 Å². The zero-order chi connectivity index (χ0) is 23.0. The second-order valence-corrected chi connectivity index (χ2v) is 7.95. The lowest BCUT2D eigenvalue weighted by atomic mass is 9.98. The monoisotopic (exact) mass is 445 g/mol. The van der Waals surface area contributed by atoms with E-state index in [1.54, 1.807) is 0 Å². The molecule has 1 aliphatic carbocycles. The van der Waals surface area contributed by atoms with Crippen molar-refractivity contribution in [3.8, 4) is 16.9 Å². The Balaban J connectivity index is 1.40. The summed E-state index contributed by atoms with van der Waals surface area (Å²) < 4.78 is 11.5. The predicted molar refractivity (Wildman–Crippen MR) is 125 cm³/mol. The molecule has 3 aromatic rings. The average Bonchev–Trinajstić information content (AvgIpc) is 3.16. The maximum absolute atomic E-state index is 12.9. The van der Waals surface area contributed by atoms with E-state index in [0.717, 1.165) is 16.9 Å². The second-order valence-electron chi connectivity index (χ2n) is 7.95. The molecular weight excluding hydrogens is 418 g/mol. The molecule has 0 radical (unpaired) electrons. The van der Waals surface area contributed by atoms with Gasteiger partial charge in [0.1, 0.15) is 19.0 Å². The number of rotatable bonds is 10. The molecule has 0 saturated carbocycles. The molecule has 0 saturated heterocycles. The number of fused-ring (bicyclic) bond motifs is 3. The molecule has 0 bridgehead atoms. The Bertz CT molecular complexity index is 1050. The number of carboxylic acid groups (broad SMARTS) is 1. The van der Waals surface area contributed by atoms with Crippen LogP contribution in [0.2, 0.25) is 0 Å². The maximum atomic E-state index is 12.9. The molecule has 6 nitrogen and oxygen atoms in total. The molecule has 0 atom stereocenters. The Morgan fingerprint density at radius 3 is 2.06 bits per heavy atom. The third kappa shape index (κ3) is 5.52. The molecule has 33 heavy (non-hydrogen) atoms. The number of hydrogen-bond donors (Lipinski definition) is 1. The maximum Gasteiger partial charge on any atom is 0.409 e. The van der Waals surface area contributed by atoms with Gasteiger partial charge in [0.2, 0.25) is 0 Å². The van der Waals surface area contributed by atoms with E-state index in [-0.39, 0.29) is 18.9 Å². The van der Waals surface area contributed by atoms with Crippen LogP contribution < -0.4 is 4.74 Å². The number of para-hydroxylation sites is 1. The third-order valence-corrected chi connectivity index (χ3v) is 5.79. The molecule has 0 unspecified atom stereocenters. The zero-order valence-corrected chi connectivity index (χ0v) is 18.4. The smallest absolute Gasteiger partial charge is 0.409 e. The first-order valence-corrected chi connectivity index (χ1v) is 11.1. The predicted octanol–water partition coefficient (Wildman–Crippen LogP) is 5.18. The van der Waals surface area contributed by atoms with Gasteiger partial charge in [-0.3, -0.25) is 4.79 Å². The van der Waals surface area contributed by atoms with Crippen LogP contribution in [0.15, 0.2) is 78.9 Å². The average molecular weight is 446 g/mol. The molecule has 1 N–H and O–H groups in total. The van der Waals surface area contributed by atoms with Crippen molar-refractivity contribution in [2.75, 3.05) is 26.3 Å². The highest BCUT2D eigenvalue weighted by Crippen LogP contribution is 2.44. The van der Waals surface area contributed by atoms with Gasteiger partial charge in [-0.1, -0.05) is 66.7 Å². The summed E-state index contributed by atoms with van der Waals surface area (Å²) in [5.41, 5.74) is 4.64. The second kappa shape index (κ2) is 10.7. The summed E-state index contributed by atoms with van der Waals surface area (Å²) in [5.74, 6) is -0.193. The van der Waals surface area contributed by atoms with Crippen molar-refractivity contribution in [3.05, 3.63) is 90.0 Å². The first kappa shape index (κ1) is 22.4. The third-order valence-electron chi connectivity index (χ3n) is 5.79. The van der Waals surface area contributed by atoms with Crippen LogP contribution in [0.4, 0.5) is 4.79 Å². The molecule has 1 amide bonds. The van der Waals surface area contributed by atoms with Crippen LogP contribution in [0.25, 0.3) is 11.1 Å². The van der Waals surface area contributed by atoms with Crippen molar-refractivity contribution in [3.63, 3.8) is 0 Å². The fraction of sp³-hybridized carbons (Fsp3) is 0.259. The van der Waals surface area contributed by atoms with Crippen molar-refractivity contribution < 1.29 is 24.2 Å². The number of benzene rings is 3. The van der Waals surface area contributed by atoms with Crippen molar-refractivity contribution >= 4 is 12.1 Å². The summed E-state index contributed by atoms with van der Waals surface area (Å²) in [4.78, 5) is 25.4. The fourth-order valence-corrected chi connectivity index (χ4v) is 4.19. The van der Waals surface area contributed by atoms with E-state index in [0.29, 0.717) is 26.1 Å². The molecule has 0 spiro atoms. The summed E-state index contributed by atoms with van der Waals surface area (Å²) in [6.45, 7) is 1.12. The van der Waals surface area contributed by atoms with Gasteiger partial charge in [-0.15, -0.1) is 0 Å².